The van der Waals surface area contributed by atoms with Gasteiger partial charge in [-0.05, 0) is 62.6 Å². The molecule has 0 amide bonds. The van der Waals surface area contributed by atoms with Gasteiger partial charge in [0.25, 0.3) is 0 Å². The van der Waals surface area contributed by atoms with E-state index in [4.69, 9.17) is 0 Å². The second-order valence-electron chi connectivity index (χ2n) is 8.84. The highest BCUT2D eigenvalue weighted by atomic mass is 14.6. The van der Waals surface area contributed by atoms with E-state index in [0.717, 1.165) is 17.5 Å². The maximum Gasteiger partial charge on any atom is 0.0731 e. The van der Waals surface area contributed by atoms with Crippen LogP contribution in [-0.2, 0) is 6.42 Å². The summed E-state index contributed by atoms with van der Waals surface area (Å²) in [6, 6.07) is 41.3. The number of aromatic nitrogens is 2. The molecule has 6 aromatic rings. The fourth-order valence-corrected chi connectivity index (χ4v) is 3.70. The molecule has 4 aromatic carbocycles. The first kappa shape index (κ1) is 27.3. The third-order valence-electron chi connectivity index (χ3n) is 5.78. The molecule has 2 aromatic heterocycles. The number of aryl methyl sites for hydroxylation is 4. The van der Waals surface area contributed by atoms with Crippen molar-refractivity contribution in [2.45, 2.75) is 34.1 Å². The van der Waals surface area contributed by atoms with Crippen LogP contribution in [0.15, 0.2) is 134 Å². The number of hydrogen-bond donors (Lipinski definition) is 0. The summed E-state index contributed by atoms with van der Waals surface area (Å²) in [5, 5.41) is 2.43. The molecular weight excluding hydrogens is 448 g/mol. The Hall–Kier alpha value is -4.30. The molecule has 2 heterocycles. The molecule has 0 spiro atoms. The molecule has 0 fully saturated rings. The van der Waals surface area contributed by atoms with Gasteiger partial charge in [0.1, 0.15) is 0 Å². The summed E-state index contributed by atoms with van der Waals surface area (Å²) in [6.07, 6.45) is 4.79. The van der Waals surface area contributed by atoms with E-state index in [0.29, 0.717) is 0 Å². The van der Waals surface area contributed by atoms with Crippen molar-refractivity contribution in [1.82, 2.24) is 9.97 Å². The number of fused-ring (bicyclic) bond motifs is 2. The van der Waals surface area contributed by atoms with E-state index in [1.165, 1.54) is 33.0 Å². The summed E-state index contributed by atoms with van der Waals surface area (Å²) < 4.78 is 0. The first-order valence-corrected chi connectivity index (χ1v) is 12.7. The molecule has 37 heavy (non-hydrogen) atoms. The Balaban J connectivity index is 0.000000140. The predicted octanol–water partition coefficient (Wildman–Crippen LogP) is 9.33. The number of benzene rings is 4. The van der Waals surface area contributed by atoms with Crippen molar-refractivity contribution in [2.24, 2.45) is 0 Å². The van der Waals surface area contributed by atoms with Gasteiger partial charge in [0.05, 0.1) is 11.0 Å². The van der Waals surface area contributed by atoms with Crippen molar-refractivity contribution >= 4 is 21.8 Å². The van der Waals surface area contributed by atoms with Gasteiger partial charge < -0.3 is 0 Å². The predicted molar refractivity (Wildman–Crippen MR) is 160 cm³/mol. The Morgan fingerprint density at radius 2 is 1.14 bits per heavy atom. The van der Waals surface area contributed by atoms with Gasteiger partial charge in [-0.2, -0.15) is 0 Å². The zero-order valence-electron chi connectivity index (χ0n) is 22.3. The lowest BCUT2D eigenvalue weighted by Gasteiger charge is -1.97. The smallest absolute Gasteiger partial charge is 0.0731 e. The lowest BCUT2D eigenvalue weighted by molar-refractivity contribution is 1.14. The minimum absolute atomic E-state index is 1.07. The third-order valence-corrected chi connectivity index (χ3v) is 5.78. The summed E-state index contributed by atoms with van der Waals surface area (Å²) in [5.41, 5.74) is 7.43. The third kappa shape index (κ3) is 9.35. The van der Waals surface area contributed by atoms with E-state index in [-0.39, 0.29) is 0 Å². The molecule has 6 rings (SSSR count). The highest BCUT2D eigenvalue weighted by molar-refractivity contribution is 5.81. The Bertz CT molecular complexity index is 1460. The molecule has 0 aliphatic rings. The van der Waals surface area contributed by atoms with Crippen LogP contribution >= 0.6 is 0 Å². The maximum absolute atomic E-state index is 4.28. The van der Waals surface area contributed by atoms with Crippen LogP contribution in [0.5, 0.6) is 0 Å². The van der Waals surface area contributed by atoms with Crippen LogP contribution in [-0.4, -0.2) is 9.97 Å². The van der Waals surface area contributed by atoms with E-state index >= 15 is 0 Å². The van der Waals surface area contributed by atoms with Crippen molar-refractivity contribution in [2.75, 3.05) is 0 Å². The molecule has 0 saturated heterocycles. The summed E-state index contributed by atoms with van der Waals surface area (Å²) in [6.45, 7) is 8.41. The highest BCUT2D eigenvalue weighted by Crippen LogP contribution is 2.14. The first-order valence-electron chi connectivity index (χ1n) is 12.7. The van der Waals surface area contributed by atoms with Crippen LogP contribution in [0.2, 0.25) is 0 Å². The lowest BCUT2D eigenvalue weighted by atomic mass is 10.1. The molecule has 0 aliphatic heterocycles. The molecule has 2 heteroatoms. The quantitative estimate of drug-likeness (QED) is 0.232. The van der Waals surface area contributed by atoms with Gasteiger partial charge in [-0.15, -0.1) is 0 Å². The normalized spacial score (nSPS) is 9.73. The zero-order valence-corrected chi connectivity index (χ0v) is 22.3. The van der Waals surface area contributed by atoms with Crippen LogP contribution in [0.1, 0.15) is 29.2 Å². The largest absolute Gasteiger partial charge is 0.256 e. The first-order chi connectivity index (χ1) is 18.1. The monoisotopic (exact) mass is 484 g/mol. The van der Waals surface area contributed by atoms with E-state index in [1.807, 2.05) is 54.9 Å². The van der Waals surface area contributed by atoms with Crippen LogP contribution < -0.4 is 0 Å². The van der Waals surface area contributed by atoms with E-state index in [9.17, 15) is 0 Å². The van der Waals surface area contributed by atoms with Gasteiger partial charge in [0, 0.05) is 23.2 Å². The zero-order chi connectivity index (χ0) is 26.3. The summed E-state index contributed by atoms with van der Waals surface area (Å²) in [7, 11) is 0. The summed E-state index contributed by atoms with van der Waals surface area (Å²) in [4.78, 5) is 8.50. The van der Waals surface area contributed by atoms with Crippen molar-refractivity contribution in [3.63, 3.8) is 0 Å². The average Bonchev–Trinajstić information content (AvgIpc) is 2.95. The molecule has 0 saturated carbocycles. The Labute approximate surface area is 221 Å². The second-order valence-corrected chi connectivity index (χ2v) is 8.84. The molecule has 0 unspecified atom stereocenters. The summed E-state index contributed by atoms with van der Waals surface area (Å²) >= 11 is 0. The van der Waals surface area contributed by atoms with Crippen molar-refractivity contribution in [3.05, 3.63) is 156 Å². The number of nitrogens with zero attached hydrogens (tertiary/aromatic N) is 2. The van der Waals surface area contributed by atoms with Gasteiger partial charge in [-0.3, -0.25) is 9.97 Å². The van der Waals surface area contributed by atoms with Crippen LogP contribution in [0, 0.1) is 20.8 Å². The number of hydrogen-bond acceptors (Lipinski definition) is 2. The van der Waals surface area contributed by atoms with Crippen LogP contribution in [0.4, 0.5) is 0 Å². The molecule has 0 bridgehead atoms. The Kier molecular flexibility index (Phi) is 11.0. The standard InChI is InChI=1S/2C10H9N.C8H10.C7H8/c1-8-4-2-5-9-6-3-7-11-10(8)9;1-8-4-5-10-9(7-8)3-2-6-11-10;1-2-8-6-4-3-5-7-8;1-7-5-3-2-4-6-7/h2*2-7H,1H3;3-7H,2H2,1H3;2-6H,1H3. The van der Waals surface area contributed by atoms with Crippen LogP contribution in [0.25, 0.3) is 21.8 Å². The fraction of sp³-hybridized carbons (Fsp3) is 0.143. The Morgan fingerprint density at radius 1 is 0.514 bits per heavy atom. The molecule has 0 N–H and O–H groups in total. The van der Waals surface area contributed by atoms with Gasteiger partial charge in [0.15, 0.2) is 0 Å². The fourth-order valence-electron chi connectivity index (χ4n) is 3.70. The van der Waals surface area contributed by atoms with E-state index in [1.54, 1.807) is 0 Å². The van der Waals surface area contributed by atoms with Crippen LogP contribution in [0.3, 0.4) is 0 Å². The minimum Gasteiger partial charge on any atom is -0.256 e. The SMILES string of the molecule is CCc1ccccc1.Cc1ccc2ncccc2c1.Cc1cccc2cccnc12.Cc1ccccc1. The van der Waals surface area contributed by atoms with Gasteiger partial charge >= 0.3 is 0 Å². The van der Waals surface area contributed by atoms with Crippen molar-refractivity contribution < 1.29 is 0 Å². The molecule has 0 atom stereocenters. The van der Waals surface area contributed by atoms with Crippen molar-refractivity contribution in [3.8, 4) is 0 Å². The lowest BCUT2D eigenvalue weighted by Crippen LogP contribution is -1.80. The molecule has 2 nitrogen and oxygen atoms in total. The van der Waals surface area contributed by atoms with Gasteiger partial charge in [-0.25, -0.2) is 0 Å². The molecule has 0 radical (unpaired) electrons. The molecule has 186 valence electrons. The topological polar surface area (TPSA) is 25.8 Å². The van der Waals surface area contributed by atoms with Gasteiger partial charge in [-0.1, -0.05) is 115 Å². The van der Waals surface area contributed by atoms with Gasteiger partial charge in [0.2, 0.25) is 0 Å². The maximum atomic E-state index is 4.28. The number of rotatable bonds is 1. The average molecular weight is 485 g/mol. The Morgan fingerprint density at radius 3 is 1.73 bits per heavy atom. The van der Waals surface area contributed by atoms with Crippen molar-refractivity contribution in [1.29, 1.82) is 0 Å². The number of para-hydroxylation sites is 1. The second kappa shape index (κ2) is 15.0. The summed E-state index contributed by atoms with van der Waals surface area (Å²) in [5.74, 6) is 0. The molecular formula is C35H36N2. The minimum atomic E-state index is 1.07. The van der Waals surface area contributed by atoms with E-state index in [2.05, 4.69) is 117 Å². The molecule has 0 aliphatic carbocycles. The highest BCUT2D eigenvalue weighted by Gasteiger charge is 1.94. The number of pyridine rings is 2. The van der Waals surface area contributed by atoms with E-state index < -0.39 is 0 Å².